The van der Waals surface area contributed by atoms with E-state index in [0.29, 0.717) is 12.1 Å². The predicted molar refractivity (Wildman–Crippen MR) is 90.0 cm³/mol. The zero-order valence-electron chi connectivity index (χ0n) is 12.9. The van der Waals surface area contributed by atoms with Gasteiger partial charge in [0.1, 0.15) is 0 Å². The van der Waals surface area contributed by atoms with Crippen molar-refractivity contribution in [2.75, 3.05) is 26.2 Å². The van der Waals surface area contributed by atoms with Crippen LogP contribution in [0.5, 0.6) is 0 Å². The molecule has 2 aromatic rings. The first-order chi connectivity index (χ1) is 10.8. The van der Waals surface area contributed by atoms with E-state index in [1.807, 2.05) is 29.7 Å². The molecule has 0 aliphatic carbocycles. The number of nitrogens with zero attached hydrogens (tertiary/aromatic N) is 2. The Hall–Kier alpha value is -1.27. The molecule has 0 bridgehead atoms. The summed E-state index contributed by atoms with van der Waals surface area (Å²) in [5, 5.41) is 5.72. The van der Waals surface area contributed by atoms with Gasteiger partial charge in [0.15, 0.2) is 0 Å². The molecular formula is C17H23N3OS. The second-order valence-electron chi connectivity index (χ2n) is 5.66. The Balaban J connectivity index is 1.61. The number of pyridine rings is 1. The summed E-state index contributed by atoms with van der Waals surface area (Å²) < 4.78 is 5.68. The standard InChI is InChI=1S/C17H23N3OS/c1-14-13-20(8-9-21-14)16(17-6-4-10-22-17)12-18-11-15-5-2-3-7-19-15/h2-7,10,14,16,18H,8-9,11-13H2,1H3/t14-,16-/m0/s1. The maximum Gasteiger partial charge on any atom is 0.0674 e. The van der Waals surface area contributed by atoms with Gasteiger partial charge in [0, 0.05) is 37.3 Å². The van der Waals surface area contributed by atoms with Crippen molar-refractivity contribution < 1.29 is 4.74 Å². The van der Waals surface area contributed by atoms with E-state index in [1.165, 1.54) is 4.88 Å². The smallest absolute Gasteiger partial charge is 0.0674 e. The number of hydrogen-bond donors (Lipinski definition) is 1. The van der Waals surface area contributed by atoms with Gasteiger partial charge in [0.2, 0.25) is 0 Å². The fourth-order valence-corrected chi connectivity index (χ4v) is 3.72. The first-order valence-corrected chi connectivity index (χ1v) is 8.70. The first kappa shape index (κ1) is 15.6. The van der Waals surface area contributed by atoms with E-state index in [4.69, 9.17) is 4.74 Å². The minimum atomic E-state index is 0.312. The Morgan fingerprint density at radius 3 is 3.09 bits per heavy atom. The highest BCUT2D eigenvalue weighted by Gasteiger charge is 2.25. The van der Waals surface area contributed by atoms with Crippen LogP contribution in [-0.4, -0.2) is 42.2 Å². The number of rotatable bonds is 6. The molecule has 2 aromatic heterocycles. The van der Waals surface area contributed by atoms with Gasteiger partial charge in [-0.1, -0.05) is 12.1 Å². The molecule has 1 N–H and O–H groups in total. The number of thiophene rings is 1. The molecule has 1 aliphatic rings. The molecule has 118 valence electrons. The summed E-state index contributed by atoms with van der Waals surface area (Å²) in [6.45, 7) is 6.71. The summed E-state index contributed by atoms with van der Waals surface area (Å²) in [5.74, 6) is 0. The highest BCUT2D eigenvalue weighted by atomic mass is 32.1. The van der Waals surface area contributed by atoms with Crippen molar-refractivity contribution in [2.45, 2.75) is 25.6 Å². The molecule has 2 atom stereocenters. The lowest BCUT2D eigenvalue weighted by Crippen LogP contribution is -2.45. The van der Waals surface area contributed by atoms with Gasteiger partial charge >= 0.3 is 0 Å². The normalized spacial score (nSPS) is 20.9. The number of hydrogen-bond acceptors (Lipinski definition) is 5. The number of aromatic nitrogens is 1. The van der Waals surface area contributed by atoms with Crippen LogP contribution in [0.2, 0.25) is 0 Å². The minimum absolute atomic E-state index is 0.312. The molecule has 0 amide bonds. The van der Waals surface area contributed by atoms with Gasteiger partial charge in [-0.2, -0.15) is 0 Å². The van der Waals surface area contributed by atoms with E-state index in [9.17, 15) is 0 Å². The lowest BCUT2D eigenvalue weighted by Gasteiger charge is -2.37. The Bertz CT molecular complexity index is 546. The molecular weight excluding hydrogens is 294 g/mol. The van der Waals surface area contributed by atoms with Crippen LogP contribution in [0.15, 0.2) is 41.9 Å². The maximum absolute atomic E-state index is 5.68. The highest BCUT2D eigenvalue weighted by molar-refractivity contribution is 7.10. The van der Waals surface area contributed by atoms with Crippen LogP contribution in [0.1, 0.15) is 23.5 Å². The SMILES string of the molecule is C[C@H]1CN([C@@H](CNCc2ccccn2)c2cccs2)CCO1. The molecule has 5 heteroatoms. The Labute approximate surface area is 136 Å². The molecule has 0 spiro atoms. The summed E-state index contributed by atoms with van der Waals surface area (Å²) in [4.78, 5) is 8.32. The van der Waals surface area contributed by atoms with Crippen LogP contribution >= 0.6 is 11.3 Å². The third kappa shape index (κ3) is 4.14. The van der Waals surface area contributed by atoms with Gasteiger partial charge in [0.25, 0.3) is 0 Å². The average Bonchev–Trinajstić information content (AvgIpc) is 3.07. The van der Waals surface area contributed by atoms with Gasteiger partial charge < -0.3 is 10.1 Å². The summed E-state index contributed by atoms with van der Waals surface area (Å²) in [5.41, 5.74) is 1.09. The number of ether oxygens (including phenoxy) is 1. The topological polar surface area (TPSA) is 37.4 Å². The minimum Gasteiger partial charge on any atom is -0.376 e. The molecule has 22 heavy (non-hydrogen) atoms. The molecule has 0 aromatic carbocycles. The quantitative estimate of drug-likeness (QED) is 0.889. The fraction of sp³-hybridized carbons (Fsp3) is 0.471. The van der Waals surface area contributed by atoms with Crippen molar-refractivity contribution >= 4 is 11.3 Å². The summed E-state index contributed by atoms with van der Waals surface area (Å²) >= 11 is 1.83. The van der Waals surface area contributed by atoms with Crippen molar-refractivity contribution in [2.24, 2.45) is 0 Å². The Morgan fingerprint density at radius 1 is 1.41 bits per heavy atom. The monoisotopic (exact) mass is 317 g/mol. The van der Waals surface area contributed by atoms with Crippen LogP contribution in [-0.2, 0) is 11.3 Å². The van der Waals surface area contributed by atoms with E-state index in [2.05, 4.69) is 45.7 Å². The molecule has 3 rings (SSSR count). The van der Waals surface area contributed by atoms with E-state index < -0.39 is 0 Å². The molecule has 1 saturated heterocycles. The second kappa shape index (κ2) is 7.83. The number of morpholine rings is 1. The zero-order valence-corrected chi connectivity index (χ0v) is 13.8. The third-order valence-electron chi connectivity index (χ3n) is 3.95. The molecule has 1 aliphatic heterocycles. The summed E-state index contributed by atoms with van der Waals surface area (Å²) in [7, 11) is 0. The van der Waals surface area contributed by atoms with Gasteiger partial charge in [-0.15, -0.1) is 11.3 Å². The van der Waals surface area contributed by atoms with Crippen LogP contribution in [0.25, 0.3) is 0 Å². The highest BCUT2D eigenvalue weighted by Crippen LogP contribution is 2.26. The van der Waals surface area contributed by atoms with Crippen molar-refractivity contribution in [1.82, 2.24) is 15.2 Å². The van der Waals surface area contributed by atoms with Crippen molar-refractivity contribution in [3.63, 3.8) is 0 Å². The lowest BCUT2D eigenvalue weighted by molar-refractivity contribution is -0.0339. The Kier molecular flexibility index (Phi) is 5.56. The Morgan fingerprint density at radius 2 is 2.36 bits per heavy atom. The van der Waals surface area contributed by atoms with Crippen LogP contribution in [0.4, 0.5) is 0 Å². The fourth-order valence-electron chi connectivity index (χ4n) is 2.86. The maximum atomic E-state index is 5.68. The first-order valence-electron chi connectivity index (χ1n) is 7.82. The van der Waals surface area contributed by atoms with Crippen molar-refractivity contribution in [1.29, 1.82) is 0 Å². The zero-order chi connectivity index (χ0) is 15.2. The second-order valence-corrected chi connectivity index (χ2v) is 6.64. The summed E-state index contributed by atoms with van der Waals surface area (Å²) in [6.07, 6.45) is 2.16. The van der Waals surface area contributed by atoms with Gasteiger partial charge in [-0.25, -0.2) is 0 Å². The van der Waals surface area contributed by atoms with Crippen molar-refractivity contribution in [3.05, 3.63) is 52.5 Å². The molecule has 3 heterocycles. The average molecular weight is 317 g/mol. The lowest BCUT2D eigenvalue weighted by atomic mass is 10.1. The van der Waals surface area contributed by atoms with E-state index in [-0.39, 0.29) is 0 Å². The molecule has 1 fully saturated rings. The van der Waals surface area contributed by atoms with Crippen LogP contribution < -0.4 is 5.32 Å². The number of nitrogens with one attached hydrogen (secondary N) is 1. The van der Waals surface area contributed by atoms with E-state index in [0.717, 1.165) is 38.5 Å². The van der Waals surface area contributed by atoms with E-state index >= 15 is 0 Å². The molecule has 0 radical (unpaired) electrons. The van der Waals surface area contributed by atoms with Gasteiger partial charge in [-0.05, 0) is 30.5 Å². The van der Waals surface area contributed by atoms with Gasteiger partial charge in [0.05, 0.1) is 24.4 Å². The molecule has 4 nitrogen and oxygen atoms in total. The van der Waals surface area contributed by atoms with E-state index in [1.54, 1.807) is 0 Å². The third-order valence-corrected chi connectivity index (χ3v) is 4.93. The van der Waals surface area contributed by atoms with Crippen molar-refractivity contribution in [3.8, 4) is 0 Å². The van der Waals surface area contributed by atoms with Crippen LogP contribution in [0.3, 0.4) is 0 Å². The molecule has 0 unspecified atom stereocenters. The predicted octanol–water partition coefficient (Wildman–Crippen LogP) is 2.69. The van der Waals surface area contributed by atoms with Crippen LogP contribution in [0, 0.1) is 0 Å². The summed E-state index contributed by atoms with van der Waals surface area (Å²) in [6, 6.07) is 10.8. The molecule has 0 saturated carbocycles. The van der Waals surface area contributed by atoms with Gasteiger partial charge in [-0.3, -0.25) is 9.88 Å². The largest absolute Gasteiger partial charge is 0.376 e.